The van der Waals surface area contributed by atoms with Crippen LogP contribution in [0.2, 0.25) is 0 Å². The SMILES string of the molecule is CCNCCCN(CCCCN)C(=O)CC. The van der Waals surface area contributed by atoms with Gasteiger partial charge in [0.25, 0.3) is 0 Å². The zero-order valence-corrected chi connectivity index (χ0v) is 10.8. The van der Waals surface area contributed by atoms with Gasteiger partial charge in [0.2, 0.25) is 5.91 Å². The van der Waals surface area contributed by atoms with Crippen LogP contribution in [0.4, 0.5) is 0 Å². The topological polar surface area (TPSA) is 58.4 Å². The number of nitrogens with zero attached hydrogens (tertiary/aromatic N) is 1. The third-order valence-electron chi connectivity index (χ3n) is 2.57. The number of carbonyl (C=O) groups is 1. The molecule has 0 aliphatic rings. The van der Waals surface area contributed by atoms with Crippen LogP contribution in [-0.4, -0.2) is 43.5 Å². The van der Waals surface area contributed by atoms with E-state index in [1.807, 2.05) is 11.8 Å². The third-order valence-corrected chi connectivity index (χ3v) is 2.57. The first-order valence-electron chi connectivity index (χ1n) is 6.44. The van der Waals surface area contributed by atoms with Crippen molar-refractivity contribution in [2.45, 2.75) is 39.5 Å². The molecule has 4 nitrogen and oxygen atoms in total. The highest BCUT2D eigenvalue weighted by atomic mass is 16.2. The Labute approximate surface area is 99.6 Å². The number of rotatable bonds is 10. The Kier molecular flexibility index (Phi) is 10.5. The Bertz CT molecular complexity index is 174. The lowest BCUT2D eigenvalue weighted by molar-refractivity contribution is -0.131. The summed E-state index contributed by atoms with van der Waals surface area (Å²) in [6, 6.07) is 0. The van der Waals surface area contributed by atoms with Crippen molar-refractivity contribution in [3.05, 3.63) is 0 Å². The number of nitrogens with one attached hydrogen (secondary N) is 1. The van der Waals surface area contributed by atoms with Crippen LogP contribution in [-0.2, 0) is 4.79 Å². The Morgan fingerprint density at radius 2 is 1.88 bits per heavy atom. The van der Waals surface area contributed by atoms with Crippen molar-refractivity contribution in [3.8, 4) is 0 Å². The first-order chi connectivity index (χ1) is 7.76. The van der Waals surface area contributed by atoms with Crippen molar-refractivity contribution in [1.82, 2.24) is 10.2 Å². The van der Waals surface area contributed by atoms with Crippen LogP contribution in [0.5, 0.6) is 0 Å². The van der Waals surface area contributed by atoms with Crippen molar-refractivity contribution in [2.75, 3.05) is 32.7 Å². The molecule has 0 bridgehead atoms. The molecule has 0 aromatic rings. The lowest BCUT2D eigenvalue weighted by Gasteiger charge is -2.22. The number of hydrogen-bond acceptors (Lipinski definition) is 3. The monoisotopic (exact) mass is 229 g/mol. The summed E-state index contributed by atoms with van der Waals surface area (Å²) in [6.07, 6.45) is 3.65. The van der Waals surface area contributed by atoms with Gasteiger partial charge in [0, 0.05) is 19.5 Å². The van der Waals surface area contributed by atoms with Crippen LogP contribution in [0.1, 0.15) is 39.5 Å². The zero-order chi connectivity index (χ0) is 12.2. The fraction of sp³-hybridized carbons (Fsp3) is 0.917. The van der Waals surface area contributed by atoms with Crippen LogP contribution >= 0.6 is 0 Å². The van der Waals surface area contributed by atoms with E-state index in [9.17, 15) is 4.79 Å². The maximum absolute atomic E-state index is 11.6. The average Bonchev–Trinajstić information content (AvgIpc) is 2.31. The smallest absolute Gasteiger partial charge is 0.222 e. The van der Waals surface area contributed by atoms with Gasteiger partial charge >= 0.3 is 0 Å². The second-order valence-electron chi connectivity index (χ2n) is 3.94. The molecule has 16 heavy (non-hydrogen) atoms. The molecular formula is C12H27N3O. The lowest BCUT2D eigenvalue weighted by Crippen LogP contribution is -2.34. The molecule has 0 spiro atoms. The fourth-order valence-corrected chi connectivity index (χ4v) is 1.60. The summed E-state index contributed by atoms with van der Waals surface area (Å²) in [5.74, 6) is 0.258. The van der Waals surface area contributed by atoms with Gasteiger partial charge in [0.15, 0.2) is 0 Å². The summed E-state index contributed by atoms with van der Waals surface area (Å²) >= 11 is 0. The summed E-state index contributed by atoms with van der Waals surface area (Å²) in [7, 11) is 0. The number of hydrogen-bond donors (Lipinski definition) is 2. The maximum atomic E-state index is 11.6. The van der Waals surface area contributed by atoms with Crippen LogP contribution in [0.15, 0.2) is 0 Å². The number of unbranched alkanes of at least 4 members (excludes halogenated alkanes) is 1. The van der Waals surface area contributed by atoms with Crippen molar-refractivity contribution in [3.63, 3.8) is 0 Å². The standard InChI is InChI=1S/C12H27N3O/c1-3-12(16)15(10-6-5-8-13)11-7-9-14-4-2/h14H,3-11,13H2,1-2H3. The highest BCUT2D eigenvalue weighted by Gasteiger charge is 2.09. The molecule has 0 atom stereocenters. The van der Waals surface area contributed by atoms with E-state index in [4.69, 9.17) is 5.73 Å². The highest BCUT2D eigenvalue weighted by molar-refractivity contribution is 5.75. The van der Waals surface area contributed by atoms with Gasteiger partial charge in [0.1, 0.15) is 0 Å². The van der Waals surface area contributed by atoms with Crippen LogP contribution in [0, 0.1) is 0 Å². The van der Waals surface area contributed by atoms with Gasteiger partial charge in [-0.15, -0.1) is 0 Å². The van der Waals surface area contributed by atoms with Gasteiger partial charge in [-0.25, -0.2) is 0 Å². The highest BCUT2D eigenvalue weighted by Crippen LogP contribution is 1.99. The number of carbonyl (C=O) groups excluding carboxylic acids is 1. The zero-order valence-electron chi connectivity index (χ0n) is 10.8. The molecule has 0 unspecified atom stereocenters. The predicted octanol–water partition coefficient (Wildman–Crippen LogP) is 0.964. The molecular weight excluding hydrogens is 202 g/mol. The maximum Gasteiger partial charge on any atom is 0.222 e. The van der Waals surface area contributed by atoms with Gasteiger partial charge < -0.3 is 16.0 Å². The molecule has 96 valence electrons. The molecule has 0 aromatic carbocycles. The summed E-state index contributed by atoms with van der Waals surface area (Å²) in [4.78, 5) is 13.6. The molecule has 0 radical (unpaired) electrons. The summed E-state index contributed by atoms with van der Waals surface area (Å²) in [5.41, 5.74) is 5.45. The molecule has 0 saturated heterocycles. The van der Waals surface area contributed by atoms with E-state index < -0.39 is 0 Å². The molecule has 1 amide bonds. The van der Waals surface area contributed by atoms with Gasteiger partial charge in [0.05, 0.1) is 0 Å². The molecule has 4 heteroatoms. The molecule has 0 rings (SSSR count). The summed E-state index contributed by atoms with van der Waals surface area (Å²) in [6.45, 7) is 8.43. The second kappa shape index (κ2) is 10.9. The van der Waals surface area contributed by atoms with Crippen LogP contribution < -0.4 is 11.1 Å². The second-order valence-corrected chi connectivity index (χ2v) is 3.94. The summed E-state index contributed by atoms with van der Waals surface area (Å²) in [5, 5.41) is 3.27. The van der Waals surface area contributed by atoms with Crippen molar-refractivity contribution in [2.24, 2.45) is 5.73 Å². The van der Waals surface area contributed by atoms with E-state index in [1.165, 1.54) is 0 Å². The minimum atomic E-state index is 0.258. The molecule has 3 N–H and O–H groups in total. The third kappa shape index (κ3) is 7.65. The Morgan fingerprint density at radius 3 is 2.44 bits per heavy atom. The van der Waals surface area contributed by atoms with Gasteiger partial charge in [-0.2, -0.15) is 0 Å². The minimum Gasteiger partial charge on any atom is -0.343 e. The fourth-order valence-electron chi connectivity index (χ4n) is 1.60. The van der Waals surface area contributed by atoms with E-state index in [2.05, 4.69) is 12.2 Å². The van der Waals surface area contributed by atoms with E-state index in [-0.39, 0.29) is 5.91 Å². The first kappa shape index (κ1) is 15.4. The molecule has 0 saturated carbocycles. The Morgan fingerprint density at radius 1 is 1.19 bits per heavy atom. The van der Waals surface area contributed by atoms with Crippen LogP contribution in [0.25, 0.3) is 0 Å². The molecule has 0 aromatic heterocycles. The van der Waals surface area contributed by atoms with E-state index in [0.29, 0.717) is 13.0 Å². The minimum absolute atomic E-state index is 0.258. The summed E-state index contributed by atoms with van der Waals surface area (Å²) < 4.78 is 0. The molecule has 0 aliphatic heterocycles. The first-order valence-corrected chi connectivity index (χ1v) is 6.44. The number of nitrogens with two attached hydrogens (primary N) is 1. The van der Waals surface area contributed by atoms with Gasteiger partial charge in [-0.3, -0.25) is 4.79 Å². The number of amides is 1. The molecule has 0 aliphatic carbocycles. The Balaban J connectivity index is 3.77. The predicted molar refractivity (Wildman–Crippen MR) is 68.3 cm³/mol. The van der Waals surface area contributed by atoms with E-state index in [1.54, 1.807) is 0 Å². The molecule has 0 fully saturated rings. The Hall–Kier alpha value is -0.610. The van der Waals surface area contributed by atoms with Crippen molar-refractivity contribution in [1.29, 1.82) is 0 Å². The van der Waals surface area contributed by atoms with Gasteiger partial charge in [-0.1, -0.05) is 13.8 Å². The quantitative estimate of drug-likeness (QED) is 0.549. The van der Waals surface area contributed by atoms with E-state index in [0.717, 1.165) is 45.4 Å². The molecule has 0 heterocycles. The van der Waals surface area contributed by atoms with E-state index >= 15 is 0 Å². The van der Waals surface area contributed by atoms with Crippen LogP contribution in [0.3, 0.4) is 0 Å². The normalized spacial score (nSPS) is 10.4. The lowest BCUT2D eigenvalue weighted by atomic mass is 10.2. The van der Waals surface area contributed by atoms with Crippen molar-refractivity contribution >= 4 is 5.91 Å². The largest absolute Gasteiger partial charge is 0.343 e. The average molecular weight is 229 g/mol. The van der Waals surface area contributed by atoms with Gasteiger partial charge in [-0.05, 0) is 38.9 Å². The van der Waals surface area contributed by atoms with Crippen molar-refractivity contribution < 1.29 is 4.79 Å².